The third-order valence-corrected chi connectivity index (χ3v) is 4.75. The number of carbonyl (C=O) groups is 2. The Morgan fingerprint density at radius 1 is 1.19 bits per heavy atom. The number of benzene rings is 2. The van der Waals surface area contributed by atoms with Gasteiger partial charge in [-0.05, 0) is 43.2 Å². The van der Waals surface area contributed by atoms with Crippen molar-refractivity contribution in [3.8, 4) is 5.75 Å². The predicted octanol–water partition coefficient (Wildman–Crippen LogP) is 3.59. The van der Waals surface area contributed by atoms with Crippen molar-refractivity contribution in [1.29, 1.82) is 0 Å². The van der Waals surface area contributed by atoms with Crippen molar-refractivity contribution < 1.29 is 19.1 Å². The summed E-state index contributed by atoms with van der Waals surface area (Å²) in [6.45, 7) is 3.10. The van der Waals surface area contributed by atoms with Crippen molar-refractivity contribution in [1.82, 2.24) is 4.90 Å². The van der Waals surface area contributed by atoms with E-state index in [2.05, 4.69) is 15.9 Å². The summed E-state index contributed by atoms with van der Waals surface area (Å²) in [5.41, 5.74) is 2.57. The number of nitrogens with zero attached hydrogens (tertiary/aromatic N) is 1. The summed E-state index contributed by atoms with van der Waals surface area (Å²) < 4.78 is 11.5. The van der Waals surface area contributed by atoms with Crippen molar-refractivity contribution in [3.63, 3.8) is 0 Å². The molecular weight excluding hydrogens is 398 g/mol. The molecule has 3 rings (SSSR count). The Kier molecular flexibility index (Phi) is 5.93. The Labute approximate surface area is 161 Å². The molecule has 6 heteroatoms. The summed E-state index contributed by atoms with van der Waals surface area (Å²) in [7, 11) is 0. The minimum absolute atomic E-state index is 0.0178. The molecule has 0 radical (unpaired) electrons. The molecule has 2 aromatic carbocycles. The normalized spacial score (nSPS) is 13.3. The lowest BCUT2D eigenvalue weighted by molar-refractivity contribution is -0.145. The van der Waals surface area contributed by atoms with Gasteiger partial charge in [-0.1, -0.05) is 34.1 Å². The molecule has 5 nitrogen and oxygen atoms in total. The molecule has 1 aliphatic heterocycles. The highest BCUT2D eigenvalue weighted by molar-refractivity contribution is 9.10. The van der Waals surface area contributed by atoms with Gasteiger partial charge in [0.15, 0.2) is 6.61 Å². The second kappa shape index (κ2) is 8.36. The molecule has 0 bridgehead atoms. The van der Waals surface area contributed by atoms with Gasteiger partial charge in [-0.15, -0.1) is 0 Å². The molecule has 2 aromatic rings. The van der Waals surface area contributed by atoms with Crippen LogP contribution in [0.5, 0.6) is 5.75 Å². The first-order valence-electron chi connectivity index (χ1n) is 8.52. The molecule has 0 aromatic heterocycles. The predicted molar refractivity (Wildman–Crippen MR) is 101 cm³/mol. The summed E-state index contributed by atoms with van der Waals surface area (Å²) in [5, 5.41) is 0. The molecule has 0 unspecified atom stereocenters. The first kappa shape index (κ1) is 18.5. The van der Waals surface area contributed by atoms with Crippen molar-refractivity contribution in [2.24, 2.45) is 0 Å². The summed E-state index contributed by atoms with van der Waals surface area (Å²) >= 11 is 3.42. The topological polar surface area (TPSA) is 55.8 Å². The molecule has 0 N–H and O–H groups in total. The quantitative estimate of drug-likeness (QED) is 0.673. The van der Waals surface area contributed by atoms with Gasteiger partial charge in [0.2, 0.25) is 0 Å². The van der Waals surface area contributed by atoms with Crippen LogP contribution in [-0.4, -0.2) is 36.5 Å². The van der Waals surface area contributed by atoms with Crippen molar-refractivity contribution >= 4 is 27.8 Å². The standard InChI is InChI=1S/C20H20BrNO4/c1-2-25-19(23)13-26-18-5-3-4-17-16(18)10-11-22(20(17)24)12-14-6-8-15(21)9-7-14/h3-9H,2,10-13H2,1H3. The summed E-state index contributed by atoms with van der Waals surface area (Å²) in [6.07, 6.45) is 0.691. The lowest BCUT2D eigenvalue weighted by atomic mass is 9.97. The van der Waals surface area contributed by atoms with Gasteiger partial charge in [0.25, 0.3) is 5.91 Å². The van der Waals surface area contributed by atoms with Crippen LogP contribution in [0.4, 0.5) is 0 Å². The Hall–Kier alpha value is -2.34. The molecule has 0 atom stereocenters. The van der Waals surface area contributed by atoms with Gasteiger partial charge >= 0.3 is 5.97 Å². The Morgan fingerprint density at radius 3 is 2.69 bits per heavy atom. The molecule has 26 heavy (non-hydrogen) atoms. The molecule has 1 aliphatic rings. The van der Waals surface area contributed by atoms with Crippen LogP contribution in [-0.2, 0) is 22.5 Å². The molecule has 0 saturated carbocycles. The fraction of sp³-hybridized carbons (Fsp3) is 0.300. The fourth-order valence-electron chi connectivity index (χ4n) is 2.98. The molecule has 0 saturated heterocycles. The van der Waals surface area contributed by atoms with E-state index in [-0.39, 0.29) is 12.5 Å². The zero-order valence-electron chi connectivity index (χ0n) is 14.5. The molecule has 0 aliphatic carbocycles. The summed E-state index contributed by atoms with van der Waals surface area (Å²) in [6, 6.07) is 13.3. The SMILES string of the molecule is CCOC(=O)COc1cccc2c1CCN(Cc1ccc(Br)cc1)C2=O. The van der Waals surface area contributed by atoms with E-state index in [1.165, 1.54) is 0 Å². The Morgan fingerprint density at radius 2 is 1.96 bits per heavy atom. The van der Waals surface area contributed by atoms with E-state index < -0.39 is 5.97 Å². The highest BCUT2D eigenvalue weighted by Gasteiger charge is 2.26. The largest absolute Gasteiger partial charge is 0.482 e. The first-order chi connectivity index (χ1) is 12.6. The number of hydrogen-bond donors (Lipinski definition) is 0. The number of rotatable bonds is 6. The maximum atomic E-state index is 12.9. The van der Waals surface area contributed by atoms with Gasteiger partial charge in [0, 0.05) is 28.7 Å². The Bertz CT molecular complexity index is 804. The van der Waals surface area contributed by atoms with Crippen LogP contribution in [0.2, 0.25) is 0 Å². The summed E-state index contributed by atoms with van der Waals surface area (Å²) in [4.78, 5) is 26.2. The molecule has 1 amide bonds. The maximum Gasteiger partial charge on any atom is 0.344 e. The minimum Gasteiger partial charge on any atom is -0.482 e. The van der Waals surface area contributed by atoms with E-state index in [0.717, 1.165) is 15.6 Å². The molecule has 136 valence electrons. The number of amides is 1. The van der Waals surface area contributed by atoms with Crippen LogP contribution in [0.15, 0.2) is 46.9 Å². The number of fused-ring (bicyclic) bond motifs is 1. The van der Waals surface area contributed by atoms with E-state index >= 15 is 0 Å². The number of ether oxygens (including phenoxy) is 2. The number of hydrogen-bond acceptors (Lipinski definition) is 4. The van der Waals surface area contributed by atoms with Crippen LogP contribution in [0.1, 0.15) is 28.4 Å². The first-order valence-corrected chi connectivity index (χ1v) is 9.32. The van der Waals surface area contributed by atoms with Crippen LogP contribution in [0.25, 0.3) is 0 Å². The van der Waals surface area contributed by atoms with Crippen molar-refractivity contribution in [2.45, 2.75) is 19.9 Å². The van der Waals surface area contributed by atoms with Crippen LogP contribution >= 0.6 is 15.9 Å². The van der Waals surface area contributed by atoms with Crippen molar-refractivity contribution in [3.05, 3.63) is 63.6 Å². The lowest BCUT2D eigenvalue weighted by Gasteiger charge is -2.29. The van der Waals surface area contributed by atoms with Crippen molar-refractivity contribution in [2.75, 3.05) is 19.8 Å². The molecular formula is C20H20BrNO4. The van der Waals surface area contributed by atoms with Gasteiger partial charge in [0.05, 0.1) is 6.61 Å². The van der Waals surface area contributed by atoms with E-state index in [0.29, 0.717) is 37.4 Å². The zero-order chi connectivity index (χ0) is 18.5. The Balaban J connectivity index is 1.72. The third kappa shape index (κ3) is 4.25. The average molecular weight is 418 g/mol. The number of halogens is 1. The van der Waals surface area contributed by atoms with Crippen LogP contribution in [0.3, 0.4) is 0 Å². The molecule has 0 fully saturated rings. The zero-order valence-corrected chi connectivity index (χ0v) is 16.1. The van der Waals surface area contributed by atoms with Crippen LogP contribution in [0, 0.1) is 0 Å². The van der Waals surface area contributed by atoms with E-state index in [1.807, 2.05) is 35.2 Å². The van der Waals surface area contributed by atoms with Gasteiger partial charge in [0.1, 0.15) is 5.75 Å². The third-order valence-electron chi connectivity index (χ3n) is 4.22. The second-order valence-electron chi connectivity index (χ2n) is 5.98. The van der Waals surface area contributed by atoms with Crippen LogP contribution < -0.4 is 4.74 Å². The fourth-order valence-corrected chi connectivity index (χ4v) is 3.24. The summed E-state index contributed by atoms with van der Waals surface area (Å²) in [5.74, 6) is 0.145. The van der Waals surface area contributed by atoms with Gasteiger partial charge in [-0.3, -0.25) is 4.79 Å². The minimum atomic E-state index is -0.413. The average Bonchev–Trinajstić information content (AvgIpc) is 2.64. The smallest absolute Gasteiger partial charge is 0.344 e. The van der Waals surface area contributed by atoms with E-state index in [1.54, 1.807) is 19.1 Å². The van der Waals surface area contributed by atoms with Gasteiger partial charge in [-0.2, -0.15) is 0 Å². The lowest BCUT2D eigenvalue weighted by Crippen LogP contribution is -2.37. The maximum absolute atomic E-state index is 12.9. The molecule has 1 heterocycles. The number of carbonyl (C=O) groups excluding carboxylic acids is 2. The van der Waals surface area contributed by atoms with Gasteiger partial charge in [-0.25, -0.2) is 4.79 Å². The molecule has 0 spiro atoms. The second-order valence-corrected chi connectivity index (χ2v) is 6.89. The van der Waals surface area contributed by atoms with E-state index in [9.17, 15) is 9.59 Å². The van der Waals surface area contributed by atoms with E-state index in [4.69, 9.17) is 9.47 Å². The van der Waals surface area contributed by atoms with Gasteiger partial charge < -0.3 is 14.4 Å². The number of esters is 1. The highest BCUT2D eigenvalue weighted by atomic mass is 79.9. The monoisotopic (exact) mass is 417 g/mol. The highest BCUT2D eigenvalue weighted by Crippen LogP contribution is 2.29.